The van der Waals surface area contributed by atoms with E-state index >= 15 is 0 Å². The van der Waals surface area contributed by atoms with Crippen LogP contribution in [0.3, 0.4) is 0 Å². The molecule has 0 aromatic heterocycles. The third kappa shape index (κ3) is 2.80. The molecule has 1 saturated heterocycles. The van der Waals surface area contributed by atoms with Crippen LogP contribution in [0.15, 0.2) is 0 Å². The quantitative estimate of drug-likeness (QED) is 0.628. The molecule has 14 heavy (non-hydrogen) atoms. The molecule has 0 aromatic carbocycles. The van der Waals surface area contributed by atoms with Crippen molar-refractivity contribution in [3.05, 3.63) is 0 Å². The summed E-state index contributed by atoms with van der Waals surface area (Å²) in [5.41, 5.74) is -1.27. The van der Waals surface area contributed by atoms with Crippen molar-refractivity contribution in [2.24, 2.45) is 0 Å². The first-order chi connectivity index (χ1) is 6.35. The molecule has 0 aliphatic carbocycles. The molecule has 8 heteroatoms. The van der Waals surface area contributed by atoms with Gasteiger partial charge in [-0.05, 0) is 0 Å². The second-order valence-electron chi connectivity index (χ2n) is 2.96. The van der Waals surface area contributed by atoms with Crippen LogP contribution < -0.4 is 0 Å². The molecular weight excluding hydrogens is 235 g/mol. The van der Waals surface area contributed by atoms with E-state index in [1.165, 1.54) is 0 Å². The van der Waals surface area contributed by atoms with Crippen LogP contribution in [-0.4, -0.2) is 54.5 Å². The Kier molecular flexibility index (Phi) is 3.75. The maximum Gasteiger partial charge on any atom is 0.265 e. The number of aliphatic hydroxyl groups is 2. The zero-order chi connectivity index (χ0) is 10.9. The summed E-state index contributed by atoms with van der Waals surface area (Å²) in [6.07, 6.45) is -2.39. The fourth-order valence-electron chi connectivity index (χ4n) is 1.09. The number of thioether (sulfide) groups is 1. The third-order valence-electron chi connectivity index (χ3n) is 1.73. The molecule has 0 radical (unpaired) electrons. The van der Waals surface area contributed by atoms with Gasteiger partial charge in [-0.3, -0.25) is 4.18 Å². The number of alkyl halides is 1. The van der Waals surface area contributed by atoms with Gasteiger partial charge in [0.2, 0.25) is 0 Å². The summed E-state index contributed by atoms with van der Waals surface area (Å²) in [6, 6.07) is 0. The second-order valence-corrected chi connectivity index (χ2v) is 5.90. The fraction of sp³-hybridized carbons (Fsp3) is 1.00. The Morgan fingerprint density at radius 2 is 2.14 bits per heavy atom. The lowest BCUT2D eigenvalue weighted by Crippen LogP contribution is -2.32. The standard InChI is InChI=1S/C6H11FO5S2/c1-14(10,11)12-6-4(7)5(9)3(2-8)13-6/h3-6,8-9H,2H2,1H3/t3-,4+,5-,6-/m1/s1. The van der Waals surface area contributed by atoms with E-state index < -0.39 is 39.7 Å². The van der Waals surface area contributed by atoms with Gasteiger partial charge in [0.25, 0.3) is 10.1 Å². The van der Waals surface area contributed by atoms with Crippen LogP contribution >= 0.6 is 11.8 Å². The number of hydrogen-bond acceptors (Lipinski definition) is 6. The van der Waals surface area contributed by atoms with E-state index in [9.17, 15) is 17.9 Å². The number of halogens is 1. The Morgan fingerprint density at radius 3 is 2.50 bits per heavy atom. The maximum absolute atomic E-state index is 13.2. The van der Waals surface area contributed by atoms with Crippen molar-refractivity contribution in [1.82, 2.24) is 0 Å². The van der Waals surface area contributed by atoms with Crippen LogP contribution in [-0.2, 0) is 14.3 Å². The van der Waals surface area contributed by atoms with Crippen LogP contribution in [0, 0.1) is 0 Å². The second kappa shape index (κ2) is 4.31. The number of aliphatic hydroxyl groups excluding tert-OH is 2. The molecule has 0 spiro atoms. The zero-order valence-corrected chi connectivity index (χ0v) is 8.96. The van der Waals surface area contributed by atoms with E-state index in [2.05, 4.69) is 4.18 Å². The van der Waals surface area contributed by atoms with Crippen molar-refractivity contribution in [3.8, 4) is 0 Å². The minimum Gasteiger partial charge on any atom is -0.395 e. The normalized spacial score (nSPS) is 38.9. The summed E-state index contributed by atoms with van der Waals surface area (Å²) in [6.45, 7) is -0.421. The summed E-state index contributed by atoms with van der Waals surface area (Å²) in [5, 5.41) is 17.2. The molecule has 0 aromatic rings. The summed E-state index contributed by atoms with van der Waals surface area (Å²) in [5.74, 6) is 0. The summed E-state index contributed by atoms with van der Waals surface area (Å²) >= 11 is 0.777. The highest BCUT2D eigenvalue weighted by Gasteiger charge is 2.45. The monoisotopic (exact) mass is 246 g/mol. The molecule has 0 saturated carbocycles. The van der Waals surface area contributed by atoms with Crippen molar-refractivity contribution < 1.29 is 27.2 Å². The van der Waals surface area contributed by atoms with Gasteiger partial charge in [0.15, 0.2) is 11.6 Å². The average Bonchev–Trinajstić information content (AvgIpc) is 2.30. The highest BCUT2D eigenvalue weighted by Crippen LogP contribution is 2.37. The van der Waals surface area contributed by atoms with Crippen molar-refractivity contribution in [2.75, 3.05) is 12.9 Å². The van der Waals surface area contributed by atoms with E-state index in [1.807, 2.05) is 0 Å². The molecule has 2 N–H and O–H groups in total. The van der Waals surface area contributed by atoms with Crippen LogP contribution in [0.4, 0.5) is 4.39 Å². The Labute approximate surface area is 85.4 Å². The Balaban J connectivity index is 2.66. The summed E-state index contributed by atoms with van der Waals surface area (Å²) < 4.78 is 39.0. The summed E-state index contributed by atoms with van der Waals surface area (Å²) in [7, 11) is -3.75. The molecule has 0 amide bonds. The van der Waals surface area contributed by atoms with Gasteiger partial charge in [-0.2, -0.15) is 8.42 Å². The lowest BCUT2D eigenvalue weighted by molar-refractivity contribution is 0.0422. The topological polar surface area (TPSA) is 83.8 Å². The van der Waals surface area contributed by atoms with Gasteiger partial charge in [0.1, 0.15) is 6.10 Å². The molecule has 1 aliphatic heterocycles. The molecule has 1 rings (SSSR count). The van der Waals surface area contributed by atoms with Gasteiger partial charge < -0.3 is 10.2 Å². The average molecular weight is 246 g/mol. The van der Waals surface area contributed by atoms with Crippen molar-refractivity contribution in [3.63, 3.8) is 0 Å². The van der Waals surface area contributed by atoms with Crippen LogP contribution in [0.2, 0.25) is 0 Å². The molecule has 4 atom stereocenters. The van der Waals surface area contributed by atoms with E-state index in [1.54, 1.807) is 0 Å². The first kappa shape index (κ1) is 12.2. The molecule has 1 fully saturated rings. The lowest BCUT2D eigenvalue weighted by atomic mass is 10.2. The first-order valence-corrected chi connectivity index (χ1v) is 6.58. The summed E-state index contributed by atoms with van der Waals surface area (Å²) in [4.78, 5) is 0. The molecule has 1 aliphatic rings. The van der Waals surface area contributed by atoms with Gasteiger partial charge >= 0.3 is 0 Å². The smallest absolute Gasteiger partial charge is 0.265 e. The molecule has 5 nitrogen and oxygen atoms in total. The largest absolute Gasteiger partial charge is 0.395 e. The lowest BCUT2D eigenvalue weighted by Gasteiger charge is -2.11. The van der Waals surface area contributed by atoms with Crippen LogP contribution in [0.1, 0.15) is 0 Å². The Bertz CT molecular complexity index is 293. The minimum absolute atomic E-state index is 0.421. The minimum atomic E-state index is -3.75. The van der Waals surface area contributed by atoms with Crippen LogP contribution in [0.5, 0.6) is 0 Å². The number of rotatable bonds is 3. The SMILES string of the molecule is CS(=O)(=O)O[C@@H]1S[C@H](CO)[C@@H](O)[C@@H]1F. The predicted molar refractivity (Wildman–Crippen MR) is 49.1 cm³/mol. The molecule has 1 heterocycles. The maximum atomic E-state index is 13.2. The van der Waals surface area contributed by atoms with Crippen molar-refractivity contribution in [1.29, 1.82) is 0 Å². The van der Waals surface area contributed by atoms with E-state index in [0.717, 1.165) is 18.0 Å². The Morgan fingerprint density at radius 1 is 1.57 bits per heavy atom. The zero-order valence-electron chi connectivity index (χ0n) is 7.33. The molecule has 0 unspecified atom stereocenters. The van der Waals surface area contributed by atoms with Crippen LogP contribution in [0.25, 0.3) is 0 Å². The van der Waals surface area contributed by atoms with E-state index in [-0.39, 0.29) is 0 Å². The van der Waals surface area contributed by atoms with Gasteiger partial charge in [-0.1, -0.05) is 0 Å². The first-order valence-electron chi connectivity index (χ1n) is 3.82. The number of hydrogen-bond donors (Lipinski definition) is 2. The van der Waals surface area contributed by atoms with Gasteiger partial charge in [-0.15, -0.1) is 11.8 Å². The fourth-order valence-corrected chi connectivity index (χ4v) is 3.21. The molecular formula is C6H11FO5S2. The highest BCUT2D eigenvalue weighted by atomic mass is 32.2. The highest BCUT2D eigenvalue weighted by molar-refractivity contribution is 8.01. The van der Waals surface area contributed by atoms with Gasteiger partial charge in [0, 0.05) is 0 Å². The van der Waals surface area contributed by atoms with E-state index in [0.29, 0.717) is 0 Å². The van der Waals surface area contributed by atoms with Crippen molar-refractivity contribution >= 4 is 21.9 Å². The molecule has 0 bridgehead atoms. The third-order valence-corrected chi connectivity index (χ3v) is 3.81. The predicted octanol–water partition coefficient (Wildman–Crippen LogP) is -0.905. The molecule has 84 valence electrons. The van der Waals surface area contributed by atoms with Crippen molar-refractivity contribution in [2.45, 2.75) is 23.0 Å². The van der Waals surface area contributed by atoms with Gasteiger partial charge in [0.05, 0.1) is 18.1 Å². The Hall–Kier alpha value is 0.110. The van der Waals surface area contributed by atoms with Gasteiger partial charge in [-0.25, -0.2) is 4.39 Å². The van der Waals surface area contributed by atoms with E-state index in [4.69, 9.17) is 5.11 Å².